The maximum absolute atomic E-state index is 13.6. The summed E-state index contributed by atoms with van der Waals surface area (Å²) in [4.78, 5) is 43.6. The van der Waals surface area contributed by atoms with Crippen LogP contribution >= 0.6 is 0 Å². The fraction of sp³-hybridized carbons (Fsp3) is 0.240. The molecule has 0 saturated carbocycles. The summed E-state index contributed by atoms with van der Waals surface area (Å²) in [6.07, 6.45) is 1.81. The Kier molecular flexibility index (Phi) is 7.38. The quantitative estimate of drug-likeness (QED) is 0.264. The number of Topliss-reactive ketones (excluding diaryl/α,β-unsaturated/α-hetero) is 1. The average molecular weight is 494 g/mol. The van der Waals surface area contributed by atoms with Gasteiger partial charge < -0.3 is 19.2 Å². The molecule has 0 saturated heterocycles. The molecule has 0 amide bonds. The number of benzene rings is 2. The van der Waals surface area contributed by atoms with Gasteiger partial charge in [0.1, 0.15) is 17.9 Å². The Morgan fingerprint density at radius 1 is 1.11 bits per heavy atom. The van der Waals surface area contributed by atoms with Crippen molar-refractivity contribution >= 4 is 22.8 Å². The maximum atomic E-state index is 13.6. The van der Waals surface area contributed by atoms with Gasteiger partial charge in [-0.05, 0) is 48.4 Å². The van der Waals surface area contributed by atoms with Gasteiger partial charge in [0.2, 0.25) is 0 Å². The van der Waals surface area contributed by atoms with Crippen LogP contribution in [0.3, 0.4) is 0 Å². The number of ketones is 1. The lowest BCUT2D eigenvalue weighted by atomic mass is 10.1. The van der Waals surface area contributed by atoms with E-state index in [0.717, 1.165) is 5.56 Å². The van der Waals surface area contributed by atoms with Gasteiger partial charge in [0.05, 0.1) is 32.5 Å². The van der Waals surface area contributed by atoms with Crippen molar-refractivity contribution in [1.29, 1.82) is 0 Å². The van der Waals surface area contributed by atoms with E-state index in [0.29, 0.717) is 17.7 Å². The molecule has 0 aliphatic carbocycles. The first-order valence-corrected chi connectivity index (χ1v) is 11.0. The van der Waals surface area contributed by atoms with E-state index in [2.05, 4.69) is 19.8 Å². The van der Waals surface area contributed by atoms with Crippen molar-refractivity contribution < 1.29 is 28.2 Å². The number of nitrogens with one attached hydrogen (secondary N) is 1. The number of ether oxygens (including phenoxy) is 3. The Morgan fingerprint density at radius 2 is 1.89 bits per heavy atom. The zero-order chi connectivity index (χ0) is 25.7. The second-order valence-electron chi connectivity index (χ2n) is 7.77. The van der Waals surface area contributed by atoms with Crippen LogP contribution in [-0.2, 0) is 17.7 Å². The van der Waals surface area contributed by atoms with Gasteiger partial charge in [-0.1, -0.05) is 6.07 Å². The van der Waals surface area contributed by atoms with Crippen LogP contribution in [0.15, 0.2) is 53.5 Å². The number of carbonyl (C=O) groups is 2. The molecule has 4 rings (SSSR count). The molecule has 0 radical (unpaired) electrons. The second-order valence-corrected chi connectivity index (χ2v) is 7.77. The summed E-state index contributed by atoms with van der Waals surface area (Å²) in [7, 11) is 2.68. The summed E-state index contributed by atoms with van der Waals surface area (Å²) in [6.45, 7) is 0.461. The van der Waals surface area contributed by atoms with Gasteiger partial charge in [-0.15, -0.1) is 0 Å². The normalized spacial score (nSPS) is 10.9. The van der Waals surface area contributed by atoms with Gasteiger partial charge in [0, 0.05) is 6.42 Å². The first-order chi connectivity index (χ1) is 17.4. The minimum Gasteiger partial charge on any atom is -0.494 e. The minimum absolute atomic E-state index is 0.0666. The number of hydrogen-bond acceptors (Lipinski definition) is 8. The molecule has 4 aromatic rings. The molecule has 11 heteroatoms. The van der Waals surface area contributed by atoms with Crippen LogP contribution in [0.5, 0.6) is 11.5 Å². The van der Waals surface area contributed by atoms with E-state index in [1.807, 2.05) is 0 Å². The van der Waals surface area contributed by atoms with Gasteiger partial charge in [0.25, 0.3) is 5.56 Å². The van der Waals surface area contributed by atoms with E-state index in [1.54, 1.807) is 30.3 Å². The van der Waals surface area contributed by atoms with Crippen molar-refractivity contribution in [3.05, 3.63) is 81.8 Å². The number of rotatable bonds is 10. The van der Waals surface area contributed by atoms with Gasteiger partial charge in [-0.3, -0.25) is 14.3 Å². The average Bonchev–Trinajstić information content (AvgIpc) is 3.31. The molecule has 0 aliphatic rings. The summed E-state index contributed by atoms with van der Waals surface area (Å²) >= 11 is 0. The topological polar surface area (TPSA) is 125 Å². The number of fused-ring (bicyclic) bond motifs is 1. The first kappa shape index (κ1) is 24.6. The van der Waals surface area contributed by atoms with Crippen molar-refractivity contribution in [3.8, 4) is 11.5 Å². The van der Waals surface area contributed by atoms with Gasteiger partial charge >= 0.3 is 5.97 Å². The van der Waals surface area contributed by atoms with E-state index >= 15 is 0 Å². The van der Waals surface area contributed by atoms with Crippen molar-refractivity contribution in [2.24, 2.45) is 0 Å². The molecule has 186 valence electrons. The minimum atomic E-state index is -0.494. The van der Waals surface area contributed by atoms with Crippen molar-refractivity contribution in [2.45, 2.75) is 19.4 Å². The van der Waals surface area contributed by atoms with Crippen LogP contribution in [0.4, 0.5) is 4.39 Å². The van der Waals surface area contributed by atoms with Gasteiger partial charge in [-0.25, -0.2) is 14.2 Å². The highest BCUT2D eigenvalue weighted by Crippen LogP contribution is 2.19. The van der Waals surface area contributed by atoms with Crippen LogP contribution in [-0.4, -0.2) is 52.3 Å². The lowest BCUT2D eigenvalue weighted by Crippen LogP contribution is -2.20. The Morgan fingerprint density at radius 3 is 2.61 bits per heavy atom. The number of esters is 1. The van der Waals surface area contributed by atoms with Crippen LogP contribution in [0.2, 0.25) is 0 Å². The summed E-state index contributed by atoms with van der Waals surface area (Å²) in [5, 5.41) is 4.19. The Hall–Kier alpha value is -4.54. The predicted molar refractivity (Wildman–Crippen MR) is 127 cm³/mol. The largest absolute Gasteiger partial charge is 0.494 e. The monoisotopic (exact) mass is 494 g/mol. The third-order valence-corrected chi connectivity index (χ3v) is 5.47. The lowest BCUT2D eigenvalue weighted by Gasteiger charge is -2.08. The second kappa shape index (κ2) is 10.8. The molecule has 2 aromatic heterocycles. The van der Waals surface area contributed by atoms with Crippen LogP contribution in [0.25, 0.3) is 11.0 Å². The zero-order valence-corrected chi connectivity index (χ0v) is 19.6. The maximum Gasteiger partial charge on any atom is 0.337 e. The molecular weight excluding hydrogens is 471 g/mol. The van der Waals surface area contributed by atoms with Crippen LogP contribution in [0.1, 0.15) is 33.0 Å². The summed E-state index contributed by atoms with van der Waals surface area (Å²) in [6, 6.07) is 10.8. The third kappa shape index (κ3) is 5.40. The SMILES string of the molecule is COC(=O)c1ccc(OCCn2ncc3nc(C(=O)CCc4ccc(F)c(OC)c4)[nH]c(=O)c32)cc1. The fourth-order valence-corrected chi connectivity index (χ4v) is 3.60. The number of methoxy groups -OCH3 is 2. The number of aromatic amines is 1. The highest BCUT2D eigenvalue weighted by Gasteiger charge is 2.16. The Bertz CT molecular complexity index is 1460. The van der Waals surface area contributed by atoms with E-state index in [4.69, 9.17) is 9.47 Å². The fourth-order valence-electron chi connectivity index (χ4n) is 3.60. The highest BCUT2D eigenvalue weighted by molar-refractivity contribution is 5.94. The molecule has 0 bridgehead atoms. The van der Waals surface area contributed by atoms with E-state index in [-0.39, 0.29) is 48.0 Å². The van der Waals surface area contributed by atoms with E-state index in [9.17, 15) is 18.8 Å². The van der Waals surface area contributed by atoms with E-state index < -0.39 is 17.3 Å². The zero-order valence-electron chi connectivity index (χ0n) is 19.6. The number of H-pyrrole nitrogens is 1. The molecule has 10 nitrogen and oxygen atoms in total. The lowest BCUT2D eigenvalue weighted by molar-refractivity contribution is 0.0600. The Balaban J connectivity index is 1.39. The number of aryl methyl sites for hydroxylation is 1. The first-order valence-electron chi connectivity index (χ1n) is 11.0. The summed E-state index contributed by atoms with van der Waals surface area (Å²) in [5.74, 6) is -0.708. The van der Waals surface area contributed by atoms with Crippen molar-refractivity contribution in [2.75, 3.05) is 20.8 Å². The van der Waals surface area contributed by atoms with Crippen LogP contribution < -0.4 is 15.0 Å². The van der Waals surface area contributed by atoms with Gasteiger partial charge in [-0.2, -0.15) is 5.10 Å². The molecule has 0 unspecified atom stereocenters. The molecule has 0 spiro atoms. The molecular formula is C25H23FN4O6. The van der Waals surface area contributed by atoms with E-state index in [1.165, 1.54) is 37.2 Å². The standard InChI is InChI=1S/C25H23FN4O6/c1-34-21-13-15(3-9-18(21)26)4-10-20(31)23-28-19-14-27-30(22(19)24(32)29-23)11-12-36-17-7-5-16(6-8-17)25(33)35-2/h3,5-9,13-14H,4,10-12H2,1-2H3,(H,28,29,32). The molecule has 0 aliphatic heterocycles. The molecule has 0 atom stereocenters. The third-order valence-electron chi connectivity index (χ3n) is 5.47. The highest BCUT2D eigenvalue weighted by atomic mass is 19.1. The molecule has 1 N–H and O–H groups in total. The van der Waals surface area contributed by atoms with Gasteiger partial charge in [0.15, 0.2) is 28.7 Å². The molecule has 0 fully saturated rings. The number of hydrogen-bond donors (Lipinski definition) is 1. The molecule has 36 heavy (non-hydrogen) atoms. The molecule has 2 heterocycles. The number of nitrogens with zero attached hydrogens (tertiary/aromatic N) is 3. The van der Waals surface area contributed by atoms with Crippen molar-refractivity contribution in [3.63, 3.8) is 0 Å². The summed E-state index contributed by atoms with van der Waals surface area (Å²) < 4.78 is 30.3. The van der Waals surface area contributed by atoms with Crippen LogP contribution in [0, 0.1) is 5.82 Å². The van der Waals surface area contributed by atoms with Crippen molar-refractivity contribution in [1.82, 2.24) is 19.7 Å². The predicted octanol–water partition coefficient (Wildman–Crippen LogP) is 2.95. The Labute approximate surface area is 204 Å². The number of halogens is 1. The molecule has 2 aromatic carbocycles. The number of carbonyl (C=O) groups excluding carboxylic acids is 2. The summed E-state index contributed by atoms with van der Waals surface area (Å²) in [5.41, 5.74) is 1.14. The number of aromatic nitrogens is 4. The smallest absolute Gasteiger partial charge is 0.337 e.